The van der Waals surface area contributed by atoms with Crippen LogP contribution in [-0.2, 0) is 32.5 Å². The fourth-order valence-corrected chi connectivity index (χ4v) is 6.19. The Hall–Kier alpha value is -1.32. The van der Waals surface area contributed by atoms with Gasteiger partial charge in [0.05, 0.1) is 25.9 Å². The molecule has 0 aliphatic carbocycles. The van der Waals surface area contributed by atoms with Gasteiger partial charge in [0.1, 0.15) is 6.10 Å². The molecule has 40 heavy (non-hydrogen) atoms. The largest absolute Gasteiger partial charge is 0.474 e. The van der Waals surface area contributed by atoms with Gasteiger partial charge in [0.25, 0.3) is 5.56 Å². The predicted molar refractivity (Wildman–Crippen MR) is 150 cm³/mol. The van der Waals surface area contributed by atoms with Gasteiger partial charge in [0.15, 0.2) is 22.6 Å². The highest BCUT2D eigenvalue weighted by molar-refractivity contribution is 8.14. The number of rotatable bonds is 13. The molecule has 2 heterocycles. The number of aliphatic hydroxyl groups is 1. The number of nitrogens with zero attached hydrogens (tertiary/aromatic N) is 1. The van der Waals surface area contributed by atoms with Crippen molar-refractivity contribution in [3.8, 4) is 0 Å². The van der Waals surface area contributed by atoms with Gasteiger partial charge in [-0.05, 0) is 0 Å². The summed E-state index contributed by atoms with van der Waals surface area (Å²) in [7, 11) is -4.17. The highest BCUT2D eigenvalue weighted by Gasteiger charge is 2.45. The third kappa shape index (κ3) is 10.5. The molecular formula is C24H38FN2O10PS2. The van der Waals surface area contributed by atoms with Gasteiger partial charge in [-0.2, -0.15) is 0 Å². The van der Waals surface area contributed by atoms with Gasteiger partial charge in [-0.1, -0.05) is 65.1 Å². The summed E-state index contributed by atoms with van der Waals surface area (Å²) >= 11 is 2.03. The van der Waals surface area contributed by atoms with E-state index < -0.39 is 54.5 Å². The number of H-pyrrole nitrogens is 1. The van der Waals surface area contributed by atoms with Crippen LogP contribution in [0.15, 0.2) is 21.9 Å². The summed E-state index contributed by atoms with van der Waals surface area (Å²) in [4.78, 5) is 49.5. The molecule has 228 valence electrons. The maximum absolute atomic E-state index is 14.7. The number of aromatic nitrogens is 2. The summed E-state index contributed by atoms with van der Waals surface area (Å²) in [5, 5.41) is 10.2. The van der Waals surface area contributed by atoms with Crippen LogP contribution in [0.2, 0.25) is 0 Å². The smallest absolute Gasteiger partial charge is 0.387 e. The van der Waals surface area contributed by atoms with Gasteiger partial charge < -0.3 is 9.84 Å². The summed E-state index contributed by atoms with van der Waals surface area (Å²) in [6, 6.07) is 1.02. The van der Waals surface area contributed by atoms with Crippen molar-refractivity contribution in [3.05, 3.63) is 33.1 Å². The lowest BCUT2D eigenvalue weighted by Crippen LogP contribution is -2.35. The molecular weight excluding hydrogens is 590 g/mol. The molecule has 4 atom stereocenters. The first-order valence-corrected chi connectivity index (χ1v) is 16.0. The Morgan fingerprint density at radius 2 is 1.52 bits per heavy atom. The van der Waals surface area contributed by atoms with Crippen molar-refractivity contribution in [2.24, 2.45) is 10.8 Å². The number of halogens is 1. The molecule has 0 bridgehead atoms. The van der Waals surface area contributed by atoms with Crippen molar-refractivity contribution in [3.63, 3.8) is 0 Å². The van der Waals surface area contributed by atoms with E-state index in [0.29, 0.717) is 0 Å². The standard InChI is InChI=1S/C24H38FN2O10PS2/c1-23(2,3)20(30)39-13-11-35-38(33,36-12-14-40-21(31)24(4,5)6)34-10-8-15-18(29)17(25)19(37-15)27-9-7-16(28)26-22(27)32/h7,9,15,17-19,29H,8,10-14H2,1-6H3,(H,26,28,32). The first kappa shape index (κ1) is 34.9. The summed E-state index contributed by atoms with van der Waals surface area (Å²) in [5.74, 6) is 0.376. The summed E-state index contributed by atoms with van der Waals surface area (Å²) in [6.07, 6.45) is -5.31. The van der Waals surface area contributed by atoms with Crippen LogP contribution in [0.3, 0.4) is 0 Å². The quantitative estimate of drug-likeness (QED) is 0.242. The maximum atomic E-state index is 14.7. The van der Waals surface area contributed by atoms with Gasteiger partial charge in [-0.25, -0.2) is 13.8 Å². The Labute approximate surface area is 240 Å². The number of hydrogen-bond donors (Lipinski definition) is 2. The lowest BCUT2D eigenvalue weighted by atomic mass is 9.99. The molecule has 2 rings (SSSR count). The summed E-state index contributed by atoms with van der Waals surface area (Å²) < 4.78 is 50.5. The van der Waals surface area contributed by atoms with Crippen LogP contribution in [0.4, 0.5) is 4.39 Å². The van der Waals surface area contributed by atoms with Crippen molar-refractivity contribution >= 4 is 41.6 Å². The van der Waals surface area contributed by atoms with Crippen LogP contribution in [0, 0.1) is 10.8 Å². The van der Waals surface area contributed by atoms with Crippen molar-refractivity contribution < 1.29 is 42.0 Å². The van der Waals surface area contributed by atoms with E-state index in [1.165, 1.54) is 0 Å². The topological polar surface area (TPSA) is 163 Å². The number of ether oxygens (including phenoxy) is 1. The molecule has 0 saturated carbocycles. The molecule has 0 radical (unpaired) electrons. The Morgan fingerprint density at radius 3 is 2.00 bits per heavy atom. The van der Waals surface area contributed by atoms with E-state index in [4.69, 9.17) is 18.3 Å². The van der Waals surface area contributed by atoms with Crippen molar-refractivity contribution in [1.29, 1.82) is 0 Å². The van der Waals surface area contributed by atoms with Gasteiger partial charge in [-0.3, -0.25) is 37.5 Å². The SMILES string of the molecule is CC(C)(C)C(=O)SCCOP(=O)(OCCSC(=O)C(C)(C)C)OCCC1OC(n2ccc(=O)[nH]c2=O)C(F)C1O. The van der Waals surface area contributed by atoms with E-state index in [1.54, 1.807) is 41.5 Å². The van der Waals surface area contributed by atoms with Gasteiger partial charge in [0.2, 0.25) is 0 Å². The Balaban J connectivity index is 1.97. The molecule has 0 amide bonds. The number of aromatic amines is 1. The van der Waals surface area contributed by atoms with Gasteiger partial charge in [0, 0.05) is 41.0 Å². The van der Waals surface area contributed by atoms with E-state index in [0.717, 1.165) is 40.4 Å². The van der Waals surface area contributed by atoms with Gasteiger partial charge >= 0.3 is 13.5 Å². The molecule has 1 saturated heterocycles. The van der Waals surface area contributed by atoms with E-state index in [1.807, 2.05) is 4.98 Å². The highest BCUT2D eigenvalue weighted by Crippen LogP contribution is 2.50. The van der Waals surface area contributed by atoms with Gasteiger partial charge in [-0.15, -0.1) is 0 Å². The average Bonchev–Trinajstić information content (AvgIpc) is 3.11. The van der Waals surface area contributed by atoms with E-state index in [9.17, 15) is 33.2 Å². The molecule has 0 aromatic carbocycles. The molecule has 0 spiro atoms. The van der Waals surface area contributed by atoms with Crippen molar-refractivity contribution in [2.75, 3.05) is 31.3 Å². The second-order valence-corrected chi connectivity index (χ2v) is 14.8. The number of phosphoric ester groups is 1. The number of phosphoric acid groups is 1. The fourth-order valence-electron chi connectivity index (χ4n) is 3.19. The number of thioether (sulfide) groups is 2. The fraction of sp³-hybridized carbons (Fsp3) is 0.750. The number of aliphatic hydroxyl groups excluding tert-OH is 1. The molecule has 16 heteroatoms. The number of nitrogens with one attached hydrogen (secondary N) is 1. The zero-order valence-corrected chi connectivity index (χ0v) is 25.9. The van der Waals surface area contributed by atoms with Crippen LogP contribution < -0.4 is 11.2 Å². The lowest BCUT2D eigenvalue weighted by molar-refractivity contribution is -0.118. The Bertz CT molecular complexity index is 1140. The zero-order chi connectivity index (χ0) is 30.3. The van der Waals surface area contributed by atoms with E-state index >= 15 is 0 Å². The maximum Gasteiger partial charge on any atom is 0.474 e. The second kappa shape index (κ2) is 14.7. The number of carbonyl (C=O) groups excluding carboxylic acids is 2. The number of alkyl halides is 1. The Morgan fingerprint density at radius 1 is 1.02 bits per heavy atom. The average molecular weight is 629 g/mol. The van der Waals surface area contributed by atoms with Crippen LogP contribution in [0.25, 0.3) is 0 Å². The molecule has 4 unspecified atom stereocenters. The van der Waals surface area contributed by atoms with Crippen molar-refractivity contribution in [1.82, 2.24) is 9.55 Å². The molecule has 12 nitrogen and oxygen atoms in total. The van der Waals surface area contributed by atoms with Crippen LogP contribution in [0.5, 0.6) is 0 Å². The van der Waals surface area contributed by atoms with E-state index in [-0.39, 0.29) is 48.0 Å². The molecule has 1 aliphatic rings. The minimum atomic E-state index is -4.17. The zero-order valence-electron chi connectivity index (χ0n) is 23.4. The minimum Gasteiger partial charge on any atom is -0.387 e. The minimum absolute atomic E-state index is 0.0749. The third-order valence-corrected chi connectivity index (χ3v) is 9.41. The molecule has 1 aromatic rings. The van der Waals surface area contributed by atoms with Crippen molar-refractivity contribution in [2.45, 2.75) is 72.6 Å². The lowest BCUT2D eigenvalue weighted by Gasteiger charge is -2.21. The molecule has 1 fully saturated rings. The summed E-state index contributed by atoms with van der Waals surface area (Å²) in [5.41, 5.74) is -2.70. The first-order valence-electron chi connectivity index (χ1n) is 12.6. The first-order chi connectivity index (χ1) is 18.4. The summed E-state index contributed by atoms with van der Waals surface area (Å²) in [6.45, 7) is 10.0. The predicted octanol–water partition coefficient (Wildman–Crippen LogP) is 3.29. The number of hydrogen-bond acceptors (Lipinski definition) is 12. The highest BCUT2D eigenvalue weighted by atomic mass is 32.2. The van der Waals surface area contributed by atoms with Crippen LogP contribution in [0.1, 0.15) is 54.2 Å². The van der Waals surface area contributed by atoms with Crippen LogP contribution >= 0.6 is 31.3 Å². The molecule has 1 aliphatic heterocycles. The van der Waals surface area contributed by atoms with E-state index in [2.05, 4.69) is 0 Å². The number of carbonyl (C=O) groups is 2. The monoisotopic (exact) mass is 628 g/mol. The molecule has 1 aromatic heterocycles. The normalized spacial score (nSPS) is 22.0. The van der Waals surface area contributed by atoms with Crippen LogP contribution in [-0.4, -0.2) is 74.6 Å². The molecule has 2 N–H and O–H groups in total. The Kier molecular flexibility index (Phi) is 12.8. The second-order valence-electron chi connectivity index (χ2n) is 11.0. The third-order valence-electron chi connectivity index (χ3n) is 5.43.